The molecule has 0 bridgehead atoms. The molecule has 0 spiro atoms. The minimum absolute atomic E-state index is 0.00495. The third-order valence-corrected chi connectivity index (χ3v) is 2.43. The first-order valence-electron chi connectivity index (χ1n) is 5.70. The molecule has 0 aliphatic carbocycles. The molecule has 2 rings (SSSR count). The fourth-order valence-corrected chi connectivity index (χ4v) is 1.58. The van der Waals surface area contributed by atoms with Gasteiger partial charge in [-0.3, -0.25) is 9.78 Å². The Morgan fingerprint density at radius 2 is 1.78 bits per heavy atom. The molecule has 18 heavy (non-hydrogen) atoms. The molecule has 0 saturated carbocycles. The zero-order chi connectivity index (χ0) is 12.8. The molecule has 1 N–H and O–H groups in total. The first-order valence-corrected chi connectivity index (χ1v) is 5.70. The second kappa shape index (κ2) is 5.77. The molecule has 3 nitrogen and oxygen atoms in total. The van der Waals surface area contributed by atoms with Crippen molar-refractivity contribution in [2.45, 2.75) is 6.92 Å². The quantitative estimate of drug-likeness (QED) is 0.656. The van der Waals surface area contributed by atoms with E-state index in [4.69, 9.17) is 0 Å². The molecule has 0 aliphatic heterocycles. The number of benzene rings is 1. The highest BCUT2D eigenvalue weighted by Gasteiger charge is 2.01. The zero-order valence-electron chi connectivity index (χ0n) is 10.1. The Morgan fingerprint density at radius 3 is 2.44 bits per heavy atom. The Morgan fingerprint density at radius 1 is 1.11 bits per heavy atom. The van der Waals surface area contributed by atoms with E-state index in [1.165, 1.54) is 0 Å². The van der Waals surface area contributed by atoms with Gasteiger partial charge in [-0.25, -0.2) is 0 Å². The Bertz CT molecular complexity index is 547. The van der Waals surface area contributed by atoms with Crippen LogP contribution in [0.2, 0.25) is 0 Å². The summed E-state index contributed by atoms with van der Waals surface area (Å²) in [6.45, 7) is 1.86. The minimum Gasteiger partial charge on any atom is -0.359 e. The summed E-state index contributed by atoms with van der Waals surface area (Å²) in [5.74, 6) is -0.00495. The van der Waals surface area contributed by atoms with Gasteiger partial charge in [-0.2, -0.15) is 0 Å². The van der Waals surface area contributed by atoms with Gasteiger partial charge in [0.15, 0.2) is 5.78 Å². The number of carbonyl (C=O) groups excluding carboxylic acids is 1. The number of anilines is 1. The van der Waals surface area contributed by atoms with E-state index in [0.29, 0.717) is 5.56 Å². The average Bonchev–Trinajstić information content (AvgIpc) is 2.40. The number of nitrogens with one attached hydrogen (secondary N) is 1. The molecular formula is C15H14N2O. The maximum absolute atomic E-state index is 11.9. The second-order valence-electron chi connectivity index (χ2n) is 3.92. The maximum Gasteiger partial charge on any atom is 0.187 e. The number of carbonyl (C=O) groups is 1. The van der Waals surface area contributed by atoms with Gasteiger partial charge in [0.25, 0.3) is 0 Å². The zero-order valence-corrected chi connectivity index (χ0v) is 10.1. The molecule has 0 amide bonds. The van der Waals surface area contributed by atoms with Gasteiger partial charge in [0.1, 0.15) is 0 Å². The molecule has 1 aromatic carbocycles. The molecule has 0 atom stereocenters. The largest absolute Gasteiger partial charge is 0.359 e. The summed E-state index contributed by atoms with van der Waals surface area (Å²) in [6, 6.07) is 12.9. The average molecular weight is 238 g/mol. The number of allylic oxidation sites excluding steroid dienone is 2. The van der Waals surface area contributed by atoms with Crippen LogP contribution in [0.3, 0.4) is 0 Å². The summed E-state index contributed by atoms with van der Waals surface area (Å²) in [5, 5.41) is 3.14. The molecule has 0 saturated heterocycles. The smallest absolute Gasteiger partial charge is 0.187 e. The van der Waals surface area contributed by atoms with E-state index in [-0.39, 0.29) is 5.78 Å². The van der Waals surface area contributed by atoms with Crippen molar-refractivity contribution >= 4 is 11.5 Å². The summed E-state index contributed by atoms with van der Waals surface area (Å²) in [7, 11) is 0. The van der Waals surface area contributed by atoms with Crippen LogP contribution in [0.1, 0.15) is 17.3 Å². The van der Waals surface area contributed by atoms with Gasteiger partial charge in [0.05, 0.1) is 0 Å². The van der Waals surface area contributed by atoms with Gasteiger partial charge in [0.2, 0.25) is 0 Å². The Kier molecular flexibility index (Phi) is 3.86. The number of nitrogens with zero attached hydrogens (tertiary/aromatic N) is 1. The van der Waals surface area contributed by atoms with E-state index in [9.17, 15) is 4.79 Å². The van der Waals surface area contributed by atoms with Gasteiger partial charge in [-0.05, 0) is 19.1 Å². The molecule has 1 aromatic heterocycles. The lowest BCUT2D eigenvalue weighted by atomic mass is 10.1. The van der Waals surface area contributed by atoms with E-state index in [1.807, 2.05) is 37.3 Å². The van der Waals surface area contributed by atoms with Crippen molar-refractivity contribution in [3.63, 3.8) is 0 Å². The van der Waals surface area contributed by atoms with Crippen molar-refractivity contribution in [1.82, 2.24) is 4.98 Å². The highest BCUT2D eigenvalue weighted by atomic mass is 16.1. The molecule has 2 aromatic rings. The van der Waals surface area contributed by atoms with E-state index in [0.717, 1.165) is 11.4 Å². The molecule has 3 heteroatoms. The monoisotopic (exact) mass is 238 g/mol. The number of hydrogen-bond acceptors (Lipinski definition) is 3. The topological polar surface area (TPSA) is 42.0 Å². The molecular weight excluding hydrogens is 224 g/mol. The van der Waals surface area contributed by atoms with Gasteiger partial charge in [-0.15, -0.1) is 0 Å². The van der Waals surface area contributed by atoms with Gasteiger partial charge in [0, 0.05) is 35.4 Å². The summed E-state index contributed by atoms with van der Waals surface area (Å²) in [5.41, 5.74) is 2.41. The second-order valence-corrected chi connectivity index (χ2v) is 3.92. The lowest BCUT2D eigenvalue weighted by molar-refractivity contribution is 0.104. The van der Waals surface area contributed by atoms with E-state index < -0.39 is 0 Å². The van der Waals surface area contributed by atoms with Crippen LogP contribution in [-0.4, -0.2) is 10.8 Å². The number of pyridine rings is 1. The number of rotatable bonds is 4. The third kappa shape index (κ3) is 3.28. The van der Waals surface area contributed by atoms with Crippen LogP contribution >= 0.6 is 0 Å². The minimum atomic E-state index is -0.00495. The van der Waals surface area contributed by atoms with Crippen LogP contribution in [0.5, 0.6) is 0 Å². The third-order valence-electron chi connectivity index (χ3n) is 2.43. The van der Waals surface area contributed by atoms with E-state index in [2.05, 4.69) is 10.3 Å². The lowest BCUT2D eigenvalue weighted by Crippen LogP contribution is -2.01. The number of ketones is 1. The first-order chi connectivity index (χ1) is 8.75. The predicted octanol–water partition coefficient (Wildman–Crippen LogP) is 3.28. The molecule has 1 heterocycles. The lowest BCUT2D eigenvalue weighted by Gasteiger charge is -2.05. The van der Waals surface area contributed by atoms with Crippen molar-refractivity contribution in [2.24, 2.45) is 0 Å². The van der Waals surface area contributed by atoms with Crippen LogP contribution in [0.4, 0.5) is 5.69 Å². The summed E-state index contributed by atoms with van der Waals surface area (Å²) >= 11 is 0. The first kappa shape index (κ1) is 12.0. The summed E-state index contributed by atoms with van der Waals surface area (Å²) < 4.78 is 0. The number of hydrogen-bond donors (Lipinski definition) is 1. The molecule has 0 fully saturated rings. The fourth-order valence-electron chi connectivity index (χ4n) is 1.58. The van der Waals surface area contributed by atoms with Crippen LogP contribution < -0.4 is 5.32 Å². The van der Waals surface area contributed by atoms with Crippen LogP contribution in [0, 0.1) is 0 Å². The van der Waals surface area contributed by atoms with Crippen molar-refractivity contribution in [3.05, 3.63) is 72.2 Å². The summed E-state index contributed by atoms with van der Waals surface area (Å²) in [4.78, 5) is 15.9. The Hall–Kier alpha value is -2.42. The number of aromatic nitrogens is 1. The molecule has 90 valence electrons. The normalized spacial score (nSPS) is 11.1. The van der Waals surface area contributed by atoms with Crippen molar-refractivity contribution in [1.29, 1.82) is 0 Å². The van der Waals surface area contributed by atoms with Gasteiger partial charge >= 0.3 is 0 Å². The Labute approximate surface area is 106 Å². The van der Waals surface area contributed by atoms with Gasteiger partial charge in [-0.1, -0.05) is 30.3 Å². The standard InChI is InChI=1S/C15H14N2O/c1-12(17-14-7-9-16-10-8-14)11-15(18)13-5-3-2-4-6-13/h2-11H,1H3,(H,16,17)/b12-11-. The fraction of sp³-hybridized carbons (Fsp3) is 0.0667. The highest BCUT2D eigenvalue weighted by Crippen LogP contribution is 2.09. The van der Waals surface area contributed by atoms with E-state index >= 15 is 0 Å². The summed E-state index contributed by atoms with van der Waals surface area (Å²) in [6.07, 6.45) is 5.00. The van der Waals surface area contributed by atoms with Crippen molar-refractivity contribution < 1.29 is 4.79 Å². The van der Waals surface area contributed by atoms with Crippen LogP contribution in [0.25, 0.3) is 0 Å². The van der Waals surface area contributed by atoms with Crippen molar-refractivity contribution in [3.8, 4) is 0 Å². The van der Waals surface area contributed by atoms with E-state index in [1.54, 1.807) is 30.6 Å². The maximum atomic E-state index is 11.9. The SMILES string of the molecule is C/C(=C/C(=O)c1ccccc1)Nc1ccncc1. The van der Waals surface area contributed by atoms with Gasteiger partial charge < -0.3 is 5.32 Å². The molecule has 0 radical (unpaired) electrons. The Balaban J connectivity index is 2.07. The predicted molar refractivity (Wildman–Crippen MR) is 72.4 cm³/mol. The highest BCUT2D eigenvalue weighted by molar-refractivity contribution is 6.05. The molecule has 0 aliphatic rings. The van der Waals surface area contributed by atoms with Crippen LogP contribution in [-0.2, 0) is 0 Å². The molecule has 0 unspecified atom stereocenters. The van der Waals surface area contributed by atoms with Crippen LogP contribution in [0.15, 0.2) is 66.6 Å². The van der Waals surface area contributed by atoms with Crippen molar-refractivity contribution in [2.75, 3.05) is 5.32 Å².